The molecule has 1 aliphatic rings. The number of aromatic nitrogens is 2. The minimum atomic E-state index is 0.251. The molecule has 6 nitrogen and oxygen atoms in total. The van der Waals surface area contributed by atoms with E-state index in [0.717, 1.165) is 44.5 Å². The number of hydrogen-bond donors (Lipinski definition) is 0. The highest BCUT2D eigenvalue weighted by Crippen LogP contribution is 2.32. The Kier molecular flexibility index (Phi) is 4.86. The van der Waals surface area contributed by atoms with Crippen molar-refractivity contribution in [1.29, 1.82) is 0 Å². The molecule has 2 aromatic carbocycles. The van der Waals surface area contributed by atoms with Gasteiger partial charge in [0.25, 0.3) is 0 Å². The molecule has 0 aliphatic carbocycles. The summed E-state index contributed by atoms with van der Waals surface area (Å²) in [5.41, 5.74) is 4.64. The topological polar surface area (TPSA) is 61.0 Å². The number of benzene rings is 2. The maximum atomic E-state index is 5.51. The molecule has 0 bridgehead atoms. The lowest BCUT2D eigenvalue weighted by Gasteiger charge is -2.07. The number of ether oxygens (including phenoxy) is 2. The average Bonchev–Trinajstić information content (AvgIpc) is 3.42. The monoisotopic (exact) mass is 414 g/mol. The van der Waals surface area contributed by atoms with Crippen molar-refractivity contribution in [3.05, 3.63) is 88.8 Å². The number of hydrogen-bond acceptors (Lipinski definition) is 6. The Balaban J connectivity index is 1.64. The van der Waals surface area contributed by atoms with E-state index in [1.807, 2.05) is 60.1 Å². The van der Waals surface area contributed by atoms with Crippen molar-refractivity contribution in [2.75, 3.05) is 6.79 Å². The van der Waals surface area contributed by atoms with Gasteiger partial charge in [-0.05, 0) is 37.3 Å². The van der Waals surface area contributed by atoms with Gasteiger partial charge in [-0.1, -0.05) is 30.3 Å². The van der Waals surface area contributed by atoms with Crippen LogP contribution in [0.5, 0.6) is 11.5 Å². The van der Waals surface area contributed by atoms with Crippen LogP contribution in [-0.2, 0) is 0 Å². The second-order valence-electron chi connectivity index (χ2n) is 6.66. The van der Waals surface area contributed by atoms with E-state index in [0.29, 0.717) is 0 Å². The largest absolute Gasteiger partial charge is 0.454 e. The number of pyridine rings is 1. The average molecular weight is 414 g/mol. The molecule has 0 atom stereocenters. The summed E-state index contributed by atoms with van der Waals surface area (Å²) in [6, 6.07) is 19.8. The van der Waals surface area contributed by atoms with E-state index in [1.165, 1.54) is 11.3 Å². The van der Waals surface area contributed by atoms with Crippen molar-refractivity contribution >= 4 is 22.7 Å². The first-order valence-corrected chi connectivity index (χ1v) is 10.3. The first kappa shape index (κ1) is 18.3. The van der Waals surface area contributed by atoms with Crippen LogP contribution in [0.1, 0.15) is 12.5 Å². The number of nitrogens with zero attached hydrogens (tertiary/aromatic N) is 4. The van der Waals surface area contributed by atoms with E-state index < -0.39 is 0 Å². The van der Waals surface area contributed by atoms with Gasteiger partial charge in [-0.25, -0.2) is 9.67 Å². The van der Waals surface area contributed by atoms with Crippen molar-refractivity contribution in [2.45, 2.75) is 6.92 Å². The summed E-state index contributed by atoms with van der Waals surface area (Å²) in [4.78, 5) is 9.68. The Morgan fingerprint density at radius 1 is 1.03 bits per heavy atom. The first-order valence-electron chi connectivity index (χ1n) is 9.44. The van der Waals surface area contributed by atoms with E-state index in [2.05, 4.69) is 22.5 Å². The van der Waals surface area contributed by atoms with Gasteiger partial charge in [0.15, 0.2) is 11.5 Å². The molecule has 0 unspecified atom stereocenters. The van der Waals surface area contributed by atoms with Gasteiger partial charge in [-0.15, -0.1) is 11.3 Å². The van der Waals surface area contributed by atoms with Crippen LogP contribution in [0, 0.1) is 0 Å². The molecule has 4 aromatic rings. The van der Waals surface area contributed by atoms with E-state index >= 15 is 0 Å². The Morgan fingerprint density at radius 3 is 2.73 bits per heavy atom. The maximum Gasteiger partial charge on any atom is 0.231 e. The minimum Gasteiger partial charge on any atom is -0.454 e. The van der Waals surface area contributed by atoms with Crippen molar-refractivity contribution < 1.29 is 9.47 Å². The van der Waals surface area contributed by atoms with Gasteiger partial charge in [-0.2, -0.15) is 5.10 Å². The zero-order chi connectivity index (χ0) is 20.3. The zero-order valence-corrected chi connectivity index (χ0v) is 17.0. The molecule has 0 N–H and O–H groups in total. The fourth-order valence-electron chi connectivity index (χ4n) is 3.14. The van der Waals surface area contributed by atoms with Gasteiger partial charge in [0.05, 0.1) is 23.3 Å². The summed E-state index contributed by atoms with van der Waals surface area (Å²) in [5.74, 6) is 1.49. The predicted molar refractivity (Wildman–Crippen MR) is 117 cm³/mol. The highest BCUT2D eigenvalue weighted by molar-refractivity contribution is 7.07. The third-order valence-electron chi connectivity index (χ3n) is 4.67. The molecule has 0 amide bonds. The third-order valence-corrected chi connectivity index (χ3v) is 5.48. The van der Waals surface area contributed by atoms with Crippen molar-refractivity contribution in [2.24, 2.45) is 10.1 Å². The summed E-state index contributed by atoms with van der Waals surface area (Å²) in [7, 11) is 0. The smallest absolute Gasteiger partial charge is 0.231 e. The van der Waals surface area contributed by atoms with Gasteiger partial charge in [-0.3, -0.25) is 4.98 Å². The molecule has 0 saturated carbocycles. The standard InChI is InChI=1S/C23H18N4O2S/c1-16(18-9-10-21-22(12-18)29-15-28-21)26-27-20(17-6-3-2-4-7-17)14-30-23(27)25-19-8-5-11-24-13-19/h2-14H,15H2,1H3. The summed E-state index contributed by atoms with van der Waals surface area (Å²) >= 11 is 1.54. The lowest BCUT2D eigenvalue weighted by molar-refractivity contribution is 0.174. The van der Waals surface area contributed by atoms with Crippen LogP contribution in [0.15, 0.2) is 88.5 Å². The summed E-state index contributed by atoms with van der Waals surface area (Å²) in [6.07, 6.45) is 3.47. The fraction of sp³-hybridized carbons (Fsp3) is 0.0870. The molecule has 0 saturated heterocycles. The third kappa shape index (κ3) is 3.62. The lowest BCUT2D eigenvalue weighted by atomic mass is 10.1. The SMILES string of the molecule is CC(=Nn1c(-c2ccccc2)csc1=Nc1cccnc1)c1ccc2c(c1)OCO2. The van der Waals surface area contributed by atoms with E-state index in [1.54, 1.807) is 12.4 Å². The molecule has 0 spiro atoms. The number of thiazole rings is 1. The van der Waals surface area contributed by atoms with Gasteiger partial charge < -0.3 is 9.47 Å². The Morgan fingerprint density at radius 2 is 1.90 bits per heavy atom. The Bertz CT molecular complexity index is 1280. The van der Waals surface area contributed by atoms with Crippen molar-refractivity contribution in [3.8, 4) is 22.8 Å². The zero-order valence-electron chi connectivity index (χ0n) is 16.2. The fourth-order valence-corrected chi connectivity index (χ4v) is 3.99. The lowest BCUT2D eigenvalue weighted by Crippen LogP contribution is -2.13. The van der Waals surface area contributed by atoms with E-state index in [4.69, 9.17) is 19.6 Å². The highest BCUT2D eigenvalue weighted by Gasteiger charge is 2.15. The van der Waals surface area contributed by atoms with Crippen LogP contribution in [0.3, 0.4) is 0 Å². The van der Waals surface area contributed by atoms with Gasteiger partial charge in [0, 0.05) is 22.7 Å². The van der Waals surface area contributed by atoms with Crippen LogP contribution < -0.4 is 14.3 Å². The molecule has 1 aliphatic heterocycles. The van der Waals surface area contributed by atoms with Gasteiger partial charge in [0.1, 0.15) is 0 Å². The molecule has 5 rings (SSSR count). The summed E-state index contributed by atoms with van der Waals surface area (Å²) < 4.78 is 12.8. The molecule has 30 heavy (non-hydrogen) atoms. The predicted octanol–water partition coefficient (Wildman–Crippen LogP) is 4.85. The van der Waals surface area contributed by atoms with Gasteiger partial charge in [0.2, 0.25) is 11.6 Å². The normalized spacial score (nSPS) is 13.6. The number of rotatable bonds is 4. The number of fused-ring (bicyclic) bond motifs is 1. The van der Waals surface area contributed by atoms with Crippen LogP contribution in [0.25, 0.3) is 11.3 Å². The molecule has 148 valence electrons. The molecule has 7 heteroatoms. The highest BCUT2D eigenvalue weighted by atomic mass is 32.1. The second-order valence-corrected chi connectivity index (χ2v) is 7.49. The van der Waals surface area contributed by atoms with Crippen LogP contribution in [0.4, 0.5) is 5.69 Å². The van der Waals surface area contributed by atoms with E-state index in [-0.39, 0.29) is 6.79 Å². The quantitative estimate of drug-likeness (QED) is 0.449. The van der Waals surface area contributed by atoms with E-state index in [9.17, 15) is 0 Å². The Hall–Kier alpha value is -3.71. The van der Waals surface area contributed by atoms with Crippen LogP contribution >= 0.6 is 11.3 Å². The molecular weight excluding hydrogens is 396 g/mol. The second kappa shape index (κ2) is 7.96. The summed E-state index contributed by atoms with van der Waals surface area (Å²) in [5, 5.41) is 6.99. The van der Waals surface area contributed by atoms with Crippen LogP contribution in [-0.4, -0.2) is 22.2 Å². The molecular formula is C23H18N4O2S. The maximum absolute atomic E-state index is 5.51. The molecule has 0 fully saturated rings. The van der Waals surface area contributed by atoms with Crippen molar-refractivity contribution in [3.63, 3.8) is 0 Å². The van der Waals surface area contributed by atoms with Gasteiger partial charge >= 0.3 is 0 Å². The van der Waals surface area contributed by atoms with Crippen LogP contribution in [0.2, 0.25) is 0 Å². The minimum absolute atomic E-state index is 0.251. The molecule has 3 heterocycles. The molecule has 0 radical (unpaired) electrons. The summed E-state index contributed by atoms with van der Waals surface area (Å²) in [6.45, 7) is 2.23. The first-order chi connectivity index (χ1) is 14.8. The molecule has 2 aromatic heterocycles. The Labute approximate surface area is 177 Å². The van der Waals surface area contributed by atoms with Crippen molar-refractivity contribution in [1.82, 2.24) is 9.66 Å².